The van der Waals surface area contributed by atoms with E-state index in [4.69, 9.17) is 11.6 Å². The predicted molar refractivity (Wildman–Crippen MR) is 68.8 cm³/mol. The number of rotatable bonds is 5. The number of hydrogen-bond acceptors (Lipinski definition) is 1. The van der Waals surface area contributed by atoms with Crippen molar-refractivity contribution in [3.8, 4) is 0 Å². The summed E-state index contributed by atoms with van der Waals surface area (Å²) in [6.07, 6.45) is 8.16. The first-order chi connectivity index (χ1) is 7.79. The molecule has 1 aliphatic rings. The zero-order valence-corrected chi connectivity index (χ0v) is 11.1. The second-order valence-corrected chi connectivity index (χ2v) is 5.03. The Morgan fingerprint density at radius 2 is 1.88 bits per heavy atom. The zero-order valence-electron chi connectivity index (χ0n) is 10.4. The molecule has 1 rings (SSSR count). The van der Waals surface area contributed by atoms with Crippen molar-refractivity contribution in [3.63, 3.8) is 0 Å². The van der Waals surface area contributed by atoms with Gasteiger partial charge in [-0.1, -0.05) is 25.7 Å². The lowest BCUT2D eigenvalue weighted by Gasteiger charge is -2.25. The van der Waals surface area contributed by atoms with Gasteiger partial charge in [0.15, 0.2) is 0 Å². The highest BCUT2D eigenvalue weighted by Gasteiger charge is 2.23. The van der Waals surface area contributed by atoms with Crippen molar-refractivity contribution in [2.75, 3.05) is 19.0 Å². The Morgan fingerprint density at radius 1 is 1.25 bits per heavy atom. The first-order valence-electron chi connectivity index (χ1n) is 6.64. The number of nitrogens with zero attached hydrogens (tertiary/aromatic N) is 1. The van der Waals surface area contributed by atoms with Gasteiger partial charge in [0.25, 0.3) is 0 Å². The molecule has 1 amide bonds. The molecule has 1 aliphatic carbocycles. The lowest BCUT2D eigenvalue weighted by Crippen LogP contribution is -2.36. The van der Waals surface area contributed by atoms with Crippen molar-refractivity contribution in [2.45, 2.75) is 51.9 Å². The molecule has 2 nitrogen and oxygen atoms in total. The van der Waals surface area contributed by atoms with E-state index >= 15 is 0 Å². The van der Waals surface area contributed by atoms with E-state index in [-0.39, 0.29) is 5.92 Å². The molecule has 0 radical (unpaired) electrons. The molecule has 0 heterocycles. The zero-order chi connectivity index (χ0) is 11.8. The minimum atomic E-state index is 0.290. The van der Waals surface area contributed by atoms with Crippen LogP contribution < -0.4 is 0 Å². The molecule has 0 aromatic carbocycles. The van der Waals surface area contributed by atoms with Gasteiger partial charge in [0.05, 0.1) is 0 Å². The van der Waals surface area contributed by atoms with Gasteiger partial charge in [-0.25, -0.2) is 0 Å². The van der Waals surface area contributed by atoms with Gasteiger partial charge in [-0.05, 0) is 26.2 Å². The van der Waals surface area contributed by atoms with Gasteiger partial charge < -0.3 is 4.90 Å². The Hall–Kier alpha value is -0.240. The maximum absolute atomic E-state index is 12.3. The number of hydrogen-bond donors (Lipinski definition) is 0. The van der Waals surface area contributed by atoms with Gasteiger partial charge in [-0.3, -0.25) is 4.79 Å². The topological polar surface area (TPSA) is 20.3 Å². The van der Waals surface area contributed by atoms with Crippen LogP contribution in [0.3, 0.4) is 0 Å². The summed E-state index contributed by atoms with van der Waals surface area (Å²) in [7, 11) is 0. The van der Waals surface area contributed by atoms with E-state index in [1.165, 1.54) is 25.7 Å². The molecule has 0 aromatic rings. The van der Waals surface area contributed by atoms with Gasteiger partial charge in [-0.15, -0.1) is 11.6 Å². The Labute approximate surface area is 104 Å². The summed E-state index contributed by atoms with van der Waals surface area (Å²) < 4.78 is 0. The number of halogens is 1. The van der Waals surface area contributed by atoms with E-state index in [9.17, 15) is 4.79 Å². The van der Waals surface area contributed by atoms with E-state index in [1.54, 1.807) is 0 Å². The summed E-state index contributed by atoms with van der Waals surface area (Å²) in [4.78, 5) is 14.3. The maximum atomic E-state index is 12.3. The lowest BCUT2D eigenvalue weighted by molar-refractivity contribution is -0.135. The Morgan fingerprint density at radius 3 is 2.38 bits per heavy atom. The standard InChI is InChI=1S/C13H24ClNO/c1-2-15(11-7-10-14)13(16)12-8-5-3-4-6-9-12/h12H,2-11H2,1H3. The molecule has 0 spiro atoms. The molecule has 0 bridgehead atoms. The van der Waals surface area contributed by atoms with Gasteiger partial charge in [0.1, 0.15) is 0 Å². The molecule has 1 saturated carbocycles. The Kier molecular flexibility index (Phi) is 6.86. The molecule has 0 aliphatic heterocycles. The van der Waals surface area contributed by atoms with Gasteiger partial charge in [0.2, 0.25) is 5.91 Å². The van der Waals surface area contributed by atoms with E-state index < -0.39 is 0 Å². The molecule has 3 heteroatoms. The SMILES string of the molecule is CCN(CCCCl)C(=O)C1CCCCCC1. The van der Waals surface area contributed by atoms with Crippen molar-refractivity contribution in [2.24, 2.45) is 5.92 Å². The van der Waals surface area contributed by atoms with Crippen LogP contribution in [0.2, 0.25) is 0 Å². The largest absolute Gasteiger partial charge is 0.343 e. The van der Waals surface area contributed by atoms with E-state index in [0.29, 0.717) is 11.8 Å². The molecular weight excluding hydrogens is 222 g/mol. The van der Waals surface area contributed by atoms with Crippen LogP contribution in [-0.2, 0) is 4.79 Å². The number of carbonyl (C=O) groups is 1. The minimum Gasteiger partial charge on any atom is -0.343 e. The van der Waals surface area contributed by atoms with E-state index in [0.717, 1.165) is 32.4 Å². The van der Waals surface area contributed by atoms with Gasteiger partial charge >= 0.3 is 0 Å². The number of amides is 1. The molecule has 0 N–H and O–H groups in total. The van der Waals surface area contributed by atoms with E-state index in [2.05, 4.69) is 6.92 Å². The summed E-state index contributed by atoms with van der Waals surface area (Å²) in [5.74, 6) is 1.31. The second kappa shape index (κ2) is 7.94. The Balaban J connectivity index is 2.44. The number of carbonyl (C=O) groups excluding carboxylic acids is 1. The quantitative estimate of drug-likeness (QED) is 0.537. The van der Waals surface area contributed by atoms with Crippen LogP contribution in [0, 0.1) is 5.92 Å². The normalized spacial score (nSPS) is 18.1. The summed E-state index contributed by atoms with van der Waals surface area (Å²) in [5, 5.41) is 0. The van der Waals surface area contributed by atoms with Gasteiger partial charge in [0, 0.05) is 24.9 Å². The van der Waals surface area contributed by atoms with Crippen LogP contribution in [0.4, 0.5) is 0 Å². The molecule has 94 valence electrons. The van der Waals surface area contributed by atoms with Crippen LogP contribution in [0.15, 0.2) is 0 Å². The predicted octanol–water partition coefficient (Wildman–Crippen LogP) is 3.43. The van der Waals surface area contributed by atoms with Crippen LogP contribution in [0.1, 0.15) is 51.9 Å². The highest BCUT2D eigenvalue weighted by atomic mass is 35.5. The molecule has 0 atom stereocenters. The summed E-state index contributed by atoms with van der Waals surface area (Å²) in [6, 6.07) is 0. The van der Waals surface area contributed by atoms with Crippen molar-refractivity contribution >= 4 is 17.5 Å². The average Bonchev–Trinajstić information content (AvgIpc) is 2.58. The minimum absolute atomic E-state index is 0.290. The van der Waals surface area contributed by atoms with E-state index in [1.807, 2.05) is 4.90 Å². The fraction of sp³-hybridized carbons (Fsp3) is 0.923. The second-order valence-electron chi connectivity index (χ2n) is 4.65. The molecule has 16 heavy (non-hydrogen) atoms. The smallest absolute Gasteiger partial charge is 0.225 e. The highest BCUT2D eigenvalue weighted by molar-refractivity contribution is 6.17. The maximum Gasteiger partial charge on any atom is 0.225 e. The summed E-state index contributed by atoms with van der Waals surface area (Å²) in [6.45, 7) is 3.71. The van der Waals surface area contributed by atoms with Crippen LogP contribution in [0.5, 0.6) is 0 Å². The van der Waals surface area contributed by atoms with Crippen LogP contribution in [-0.4, -0.2) is 29.8 Å². The van der Waals surface area contributed by atoms with Crippen molar-refractivity contribution in [1.82, 2.24) is 4.90 Å². The van der Waals surface area contributed by atoms with Crippen LogP contribution >= 0.6 is 11.6 Å². The highest BCUT2D eigenvalue weighted by Crippen LogP contribution is 2.24. The van der Waals surface area contributed by atoms with Crippen molar-refractivity contribution in [3.05, 3.63) is 0 Å². The fourth-order valence-corrected chi connectivity index (χ4v) is 2.58. The number of alkyl halides is 1. The van der Waals surface area contributed by atoms with Crippen molar-refractivity contribution < 1.29 is 4.79 Å². The fourth-order valence-electron chi connectivity index (χ4n) is 2.46. The summed E-state index contributed by atoms with van der Waals surface area (Å²) in [5.41, 5.74) is 0. The first-order valence-corrected chi connectivity index (χ1v) is 7.17. The summed E-state index contributed by atoms with van der Waals surface area (Å²) >= 11 is 5.68. The monoisotopic (exact) mass is 245 g/mol. The van der Waals surface area contributed by atoms with Crippen molar-refractivity contribution in [1.29, 1.82) is 0 Å². The first kappa shape index (κ1) is 13.8. The molecule has 0 saturated heterocycles. The molecule has 0 unspecified atom stereocenters. The third-order valence-electron chi connectivity index (χ3n) is 3.46. The Bertz CT molecular complexity index is 200. The van der Waals surface area contributed by atoms with Gasteiger partial charge in [-0.2, -0.15) is 0 Å². The molecule has 0 aromatic heterocycles. The van der Waals surface area contributed by atoms with Crippen LogP contribution in [0.25, 0.3) is 0 Å². The third-order valence-corrected chi connectivity index (χ3v) is 3.73. The molecular formula is C13H24ClNO. The lowest BCUT2D eigenvalue weighted by atomic mass is 9.98. The third kappa shape index (κ3) is 4.32. The average molecular weight is 246 g/mol. The molecule has 1 fully saturated rings.